The van der Waals surface area contributed by atoms with Crippen LogP contribution < -0.4 is 10.1 Å². The Morgan fingerprint density at radius 2 is 1.79 bits per heavy atom. The first-order valence-corrected chi connectivity index (χ1v) is 7.41. The molecule has 1 saturated carbocycles. The molecule has 0 heterocycles. The fraction of sp³-hybridized carbons (Fsp3) is 0.625. The topological polar surface area (TPSA) is 30.5 Å². The number of ether oxygens (including phenoxy) is 2. The largest absolute Gasteiger partial charge is 0.491 e. The molecule has 106 valence electrons. The number of rotatable bonds is 9. The molecule has 0 atom stereocenters. The SMILES string of the molecule is c1ccc(OCCOCCNCC2CCCC2)cc1. The van der Waals surface area contributed by atoms with E-state index in [4.69, 9.17) is 9.47 Å². The van der Waals surface area contributed by atoms with Gasteiger partial charge in [0.2, 0.25) is 0 Å². The number of nitrogens with one attached hydrogen (secondary N) is 1. The van der Waals surface area contributed by atoms with Crippen molar-refractivity contribution >= 4 is 0 Å². The van der Waals surface area contributed by atoms with Crippen LogP contribution in [0.1, 0.15) is 25.7 Å². The van der Waals surface area contributed by atoms with Crippen molar-refractivity contribution in [1.29, 1.82) is 0 Å². The van der Waals surface area contributed by atoms with E-state index in [1.165, 1.54) is 25.7 Å². The first kappa shape index (κ1) is 14.4. The highest BCUT2D eigenvalue weighted by Gasteiger charge is 2.13. The second-order valence-electron chi connectivity index (χ2n) is 5.13. The first-order chi connectivity index (χ1) is 9.45. The Labute approximate surface area is 116 Å². The molecule has 0 spiro atoms. The molecule has 1 aliphatic carbocycles. The van der Waals surface area contributed by atoms with Gasteiger partial charge in [0.15, 0.2) is 0 Å². The molecule has 1 N–H and O–H groups in total. The zero-order valence-corrected chi connectivity index (χ0v) is 11.6. The highest BCUT2D eigenvalue weighted by Crippen LogP contribution is 2.23. The molecule has 0 bridgehead atoms. The summed E-state index contributed by atoms with van der Waals surface area (Å²) < 4.78 is 11.1. The van der Waals surface area contributed by atoms with E-state index in [9.17, 15) is 0 Å². The second-order valence-corrected chi connectivity index (χ2v) is 5.13. The van der Waals surface area contributed by atoms with Gasteiger partial charge in [0.1, 0.15) is 12.4 Å². The normalized spacial score (nSPS) is 15.8. The van der Waals surface area contributed by atoms with E-state index in [1.54, 1.807) is 0 Å². The molecule has 1 aromatic rings. The standard InChI is InChI=1S/C16H25NO2/c1-2-8-16(9-3-1)19-13-12-18-11-10-17-14-15-6-4-5-7-15/h1-3,8-9,15,17H,4-7,10-14H2. The van der Waals surface area contributed by atoms with E-state index in [0.29, 0.717) is 13.2 Å². The van der Waals surface area contributed by atoms with Crippen molar-refractivity contribution in [2.24, 2.45) is 5.92 Å². The van der Waals surface area contributed by atoms with Crippen molar-refractivity contribution in [1.82, 2.24) is 5.32 Å². The van der Waals surface area contributed by atoms with Crippen LogP contribution >= 0.6 is 0 Å². The predicted octanol–water partition coefficient (Wildman–Crippen LogP) is 2.86. The molecule has 0 amide bonds. The minimum atomic E-state index is 0.618. The number of benzene rings is 1. The van der Waals surface area contributed by atoms with Gasteiger partial charge in [-0.05, 0) is 37.4 Å². The van der Waals surface area contributed by atoms with E-state index in [1.807, 2.05) is 30.3 Å². The average molecular weight is 263 g/mol. The maximum absolute atomic E-state index is 5.55. The molecule has 1 fully saturated rings. The Bertz CT molecular complexity index is 323. The summed E-state index contributed by atoms with van der Waals surface area (Å²) in [5.74, 6) is 1.81. The van der Waals surface area contributed by atoms with Crippen LogP contribution in [0.3, 0.4) is 0 Å². The monoisotopic (exact) mass is 263 g/mol. The van der Waals surface area contributed by atoms with Crippen LogP contribution in [0.25, 0.3) is 0 Å². The van der Waals surface area contributed by atoms with Crippen molar-refractivity contribution in [2.45, 2.75) is 25.7 Å². The van der Waals surface area contributed by atoms with Gasteiger partial charge in [-0.3, -0.25) is 0 Å². The Kier molecular flexibility index (Phi) is 6.75. The lowest BCUT2D eigenvalue weighted by Gasteiger charge is -2.11. The number of hydrogen-bond donors (Lipinski definition) is 1. The van der Waals surface area contributed by atoms with Gasteiger partial charge in [-0.15, -0.1) is 0 Å². The lowest BCUT2D eigenvalue weighted by Crippen LogP contribution is -2.25. The maximum Gasteiger partial charge on any atom is 0.119 e. The summed E-state index contributed by atoms with van der Waals surface area (Å²) in [6.45, 7) is 4.14. The van der Waals surface area contributed by atoms with Crippen LogP contribution in [0, 0.1) is 5.92 Å². The highest BCUT2D eigenvalue weighted by atomic mass is 16.5. The third-order valence-electron chi connectivity index (χ3n) is 3.57. The molecule has 0 aliphatic heterocycles. The van der Waals surface area contributed by atoms with E-state index in [0.717, 1.165) is 31.4 Å². The third-order valence-corrected chi connectivity index (χ3v) is 3.57. The van der Waals surface area contributed by atoms with Crippen molar-refractivity contribution in [3.8, 4) is 5.75 Å². The zero-order chi connectivity index (χ0) is 13.2. The van der Waals surface area contributed by atoms with Gasteiger partial charge in [-0.1, -0.05) is 31.0 Å². The van der Waals surface area contributed by atoms with Gasteiger partial charge in [-0.2, -0.15) is 0 Å². The van der Waals surface area contributed by atoms with E-state index in [-0.39, 0.29) is 0 Å². The quantitative estimate of drug-likeness (QED) is 0.695. The molecule has 1 aliphatic rings. The zero-order valence-electron chi connectivity index (χ0n) is 11.6. The third kappa shape index (κ3) is 6.08. The molecule has 3 nitrogen and oxygen atoms in total. The van der Waals surface area contributed by atoms with Crippen LogP contribution in [0.2, 0.25) is 0 Å². The fourth-order valence-electron chi connectivity index (χ4n) is 2.50. The van der Waals surface area contributed by atoms with Crippen molar-refractivity contribution < 1.29 is 9.47 Å². The summed E-state index contributed by atoms with van der Waals surface area (Å²) >= 11 is 0. The second kappa shape index (κ2) is 8.94. The van der Waals surface area contributed by atoms with Gasteiger partial charge in [0, 0.05) is 6.54 Å². The lowest BCUT2D eigenvalue weighted by molar-refractivity contribution is 0.101. The Balaban J connectivity index is 1.38. The molecule has 0 aromatic heterocycles. The van der Waals surface area contributed by atoms with Crippen LogP contribution in [0.15, 0.2) is 30.3 Å². The summed E-state index contributed by atoms with van der Waals surface area (Å²) in [7, 11) is 0. The van der Waals surface area contributed by atoms with Crippen LogP contribution in [0.4, 0.5) is 0 Å². The molecule has 0 unspecified atom stereocenters. The van der Waals surface area contributed by atoms with E-state index in [2.05, 4.69) is 5.32 Å². The Morgan fingerprint density at radius 1 is 1.00 bits per heavy atom. The van der Waals surface area contributed by atoms with Gasteiger partial charge < -0.3 is 14.8 Å². The van der Waals surface area contributed by atoms with Crippen LogP contribution in [-0.4, -0.2) is 32.9 Å². The van der Waals surface area contributed by atoms with Gasteiger partial charge in [0.25, 0.3) is 0 Å². The molecule has 0 saturated heterocycles. The molecule has 19 heavy (non-hydrogen) atoms. The molecule has 0 radical (unpaired) electrons. The molecule has 2 rings (SSSR count). The van der Waals surface area contributed by atoms with Crippen molar-refractivity contribution in [3.63, 3.8) is 0 Å². The van der Waals surface area contributed by atoms with Crippen molar-refractivity contribution in [3.05, 3.63) is 30.3 Å². The van der Waals surface area contributed by atoms with Gasteiger partial charge in [0.05, 0.1) is 13.2 Å². The maximum atomic E-state index is 5.55. The number of hydrogen-bond acceptors (Lipinski definition) is 3. The van der Waals surface area contributed by atoms with E-state index < -0.39 is 0 Å². The summed E-state index contributed by atoms with van der Waals surface area (Å²) in [4.78, 5) is 0. The summed E-state index contributed by atoms with van der Waals surface area (Å²) in [6, 6.07) is 9.86. The summed E-state index contributed by atoms with van der Waals surface area (Å²) in [5.41, 5.74) is 0. The van der Waals surface area contributed by atoms with Crippen LogP contribution in [0.5, 0.6) is 5.75 Å². The minimum Gasteiger partial charge on any atom is -0.491 e. The van der Waals surface area contributed by atoms with Gasteiger partial charge in [-0.25, -0.2) is 0 Å². The first-order valence-electron chi connectivity index (χ1n) is 7.41. The lowest BCUT2D eigenvalue weighted by atomic mass is 10.1. The Morgan fingerprint density at radius 3 is 2.58 bits per heavy atom. The van der Waals surface area contributed by atoms with Crippen molar-refractivity contribution in [2.75, 3.05) is 32.9 Å². The molecule has 3 heteroatoms. The average Bonchev–Trinajstić information content (AvgIpc) is 2.96. The Hall–Kier alpha value is -1.06. The van der Waals surface area contributed by atoms with Gasteiger partial charge >= 0.3 is 0 Å². The summed E-state index contributed by atoms with van der Waals surface area (Å²) in [5, 5.41) is 3.47. The fourth-order valence-corrected chi connectivity index (χ4v) is 2.50. The molecular weight excluding hydrogens is 238 g/mol. The predicted molar refractivity (Wildman–Crippen MR) is 77.6 cm³/mol. The van der Waals surface area contributed by atoms with Crippen LogP contribution in [-0.2, 0) is 4.74 Å². The highest BCUT2D eigenvalue weighted by molar-refractivity contribution is 5.20. The minimum absolute atomic E-state index is 0.618. The number of para-hydroxylation sites is 1. The molecule has 1 aromatic carbocycles. The van der Waals surface area contributed by atoms with E-state index >= 15 is 0 Å². The smallest absolute Gasteiger partial charge is 0.119 e. The molecular formula is C16H25NO2. The summed E-state index contributed by atoms with van der Waals surface area (Å²) in [6.07, 6.45) is 5.64.